The highest BCUT2D eigenvalue weighted by Gasteiger charge is 2.20. The third kappa shape index (κ3) is 4.24. The molecule has 0 saturated carbocycles. The van der Waals surface area contributed by atoms with E-state index in [1.807, 2.05) is 6.07 Å². The number of hydrogen-bond acceptors (Lipinski definition) is 6. The van der Waals surface area contributed by atoms with E-state index in [9.17, 15) is 4.79 Å². The number of benzene rings is 1. The molecule has 0 radical (unpaired) electrons. The molecule has 0 fully saturated rings. The van der Waals surface area contributed by atoms with Gasteiger partial charge in [-0.1, -0.05) is 6.92 Å². The van der Waals surface area contributed by atoms with Gasteiger partial charge in [0.05, 0.1) is 32.4 Å². The number of thiophene rings is 1. The van der Waals surface area contributed by atoms with Gasteiger partial charge in [-0.15, -0.1) is 11.3 Å². The average Bonchev–Trinajstić information content (AvgIpc) is 3.10. The second kappa shape index (κ2) is 8.43. The fourth-order valence-electron chi connectivity index (χ4n) is 3.21. The van der Waals surface area contributed by atoms with Crippen LogP contribution in [0.3, 0.4) is 0 Å². The number of carbonyl (C=O) groups excluding carboxylic acids is 1. The number of carbonyl (C=O) groups is 1. The van der Waals surface area contributed by atoms with E-state index in [0.29, 0.717) is 28.0 Å². The zero-order valence-electron chi connectivity index (χ0n) is 16.0. The summed E-state index contributed by atoms with van der Waals surface area (Å²) in [5.74, 6) is 2.07. The lowest BCUT2D eigenvalue weighted by molar-refractivity contribution is 0.0959. The molecule has 3 rings (SSSR count). The van der Waals surface area contributed by atoms with Crippen molar-refractivity contribution in [3.63, 3.8) is 0 Å². The number of hydrogen-bond donors (Lipinski definition) is 1. The van der Waals surface area contributed by atoms with Gasteiger partial charge < -0.3 is 14.2 Å². The molecule has 1 N–H and O–H groups in total. The predicted octanol–water partition coefficient (Wildman–Crippen LogP) is 3.66. The van der Waals surface area contributed by atoms with E-state index in [1.165, 1.54) is 16.9 Å². The molecule has 1 aliphatic carbocycles. The van der Waals surface area contributed by atoms with Crippen LogP contribution in [0.2, 0.25) is 0 Å². The van der Waals surface area contributed by atoms with Crippen LogP contribution in [0.4, 0.5) is 0 Å². The molecule has 0 unspecified atom stereocenters. The van der Waals surface area contributed by atoms with Gasteiger partial charge in [-0.2, -0.15) is 5.10 Å². The maximum Gasteiger partial charge on any atom is 0.281 e. The van der Waals surface area contributed by atoms with E-state index in [0.717, 1.165) is 18.4 Å². The largest absolute Gasteiger partial charge is 0.493 e. The van der Waals surface area contributed by atoms with Crippen LogP contribution in [-0.2, 0) is 12.8 Å². The summed E-state index contributed by atoms with van der Waals surface area (Å²) < 4.78 is 15.9. The highest BCUT2D eigenvalue weighted by atomic mass is 32.1. The molecule has 27 heavy (non-hydrogen) atoms. The van der Waals surface area contributed by atoms with Gasteiger partial charge in [0, 0.05) is 10.4 Å². The quantitative estimate of drug-likeness (QED) is 0.606. The highest BCUT2D eigenvalue weighted by Crippen LogP contribution is 2.37. The minimum absolute atomic E-state index is 0.189. The molecule has 0 aliphatic heterocycles. The summed E-state index contributed by atoms with van der Waals surface area (Å²) in [4.78, 5) is 14.4. The van der Waals surface area contributed by atoms with Gasteiger partial charge in [0.2, 0.25) is 5.75 Å². The van der Waals surface area contributed by atoms with Crippen molar-refractivity contribution < 1.29 is 19.0 Å². The van der Waals surface area contributed by atoms with Crippen molar-refractivity contribution in [1.29, 1.82) is 0 Å². The topological polar surface area (TPSA) is 69.2 Å². The van der Waals surface area contributed by atoms with Crippen LogP contribution in [0.1, 0.15) is 39.0 Å². The van der Waals surface area contributed by atoms with E-state index >= 15 is 0 Å². The summed E-state index contributed by atoms with van der Waals surface area (Å²) in [6, 6.07) is 5.53. The molecule has 144 valence electrons. The first-order valence-electron chi connectivity index (χ1n) is 8.80. The second-order valence-electron chi connectivity index (χ2n) is 6.56. The first-order valence-corrected chi connectivity index (χ1v) is 9.62. The predicted molar refractivity (Wildman–Crippen MR) is 107 cm³/mol. The lowest BCUT2D eigenvalue weighted by Crippen LogP contribution is -2.16. The Kier molecular flexibility index (Phi) is 6.01. The zero-order valence-corrected chi connectivity index (χ0v) is 16.8. The van der Waals surface area contributed by atoms with Crippen LogP contribution in [0, 0.1) is 5.92 Å². The van der Waals surface area contributed by atoms with Crippen molar-refractivity contribution in [3.8, 4) is 17.2 Å². The molecule has 1 aromatic heterocycles. The Labute approximate surface area is 163 Å². The zero-order chi connectivity index (χ0) is 19.4. The summed E-state index contributed by atoms with van der Waals surface area (Å²) in [6.45, 7) is 2.25. The Hall–Kier alpha value is -2.54. The fraction of sp³-hybridized carbons (Fsp3) is 0.400. The summed E-state index contributed by atoms with van der Waals surface area (Å²) >= 11 is 1.57. The van der Waals surface area contributed by atoms with Crippen LogP contribution in [-0.4, -0.2) is 33.5 Å². The third-order valence-electron chi connectivity index (χ3n) is 4.62. The van der Waals surface area contributed by atoms with Crippen molar-refractivity contribution in [2.24, 2.45) is 11.0 Å². The molecule has 6 nitrogen and oxygen atoms in total. The van der Waals surface area contributed by atoms with Crippen LogP contribution < -0.4 is 19.6 Å². The third-order valence-corrected chi connectivity index (χ3v) is 5.86. The average molecular weight is 388 g/mol. The minimum Gasteiger partial charge on any atom is -0.493 e. The number of fused-ring (bicyclic) bond motifs is 1. The number of nitrogens with one attached hydrogen (secondary N) is 1. The monoisotopic (exact) mass is 388 g/mol. The second-order valence-corrected chi connectivity index (χ2v) is 7.70. The molecule has 1 atom stereocenters. The van der Waals surface area contributed by atoms with Crippen LogP contribution >= 0.6 is 11.3 Å². The summed E-state index contributed by atoms with van der Waals surface area (Å²) in [6.07, 6.45) is 4.85. The fourth-order valence-corrected chi connectivity index (χ4v) is 4.31. The lowest BCUT2D eigenvalue weighted by Gasteiger charge is -2.16. The molecular weight excluding hydrogens is 364 g/mol. The number of methoxy groups -OCH3 is 3. The van der Waals surface area contributed by atoms with Gasteiger partial charge in [0.25, 0.3) is 5.91 Å². The highest BCUT2D eigenvalue weighted by molar-refractivity contribution is 7.14. The molecule has 0 saturated heterocycles. The van der Waals surface area contributed by atoms with Crippen molar-refractivity contribution in [1.82, 2.24) is 5.43 Å². The first-order chi connectivity index (χ1) is 13.0. The maximum atomic E-state index is 12.4. The van der Waals surface area contributed by atoms with Crippen LogP contribution in [0.25, 0.3) is 0 Å². The van der Waals surface area contributed by atoms with E-state index in [1.54, 1.807) is 51.0 Å². The van der Waals surface area contributed by atoms with Gasteiger partial charge in [-0.3, -0.25) is 4.79 Å². The van der Waals surface area contributed by atoms with Gasteiger partial charge in [0.15, 0.2) is 11.5 Å². The van der Waals surface area contributed by atoms with Crippen LogP contribution in [0.15, 0.2) is 23.3 Å². The normalized spacial score (nSPS) is 16.1. The summed E-state index contributed by atoms with van der Waals surface area (Å²) in [7, 11) is 4.66. The van der Waals surface area contributed by atoms with Crippen molar-refractivity contribution in [3.05, 3.63) is 39.1 Å². The van der Waals surface area contributed by atoms with Crippen molar-refractivity contribution in [2.75, 3.05) is 21.3 Å². The Morgan fingerprint density at radius 1 is 1.19 bits per heavy atom. The van der Waals surface area contributed by atoms with Crippen molar-refractivity contribution >= 4 is 23.5 Å². The van der Waals surface area contributed by atoms with E-state index in [4.69, 9.17) is 14.2 Å². The molecule has 1 aromatic carbocycles. The van der Waals surface area contributed by atoms with E-state index in [-0.39, 0.29) is 5.91 Å². The Morgan fingerprint density at radius 3 is 2.52 bits per heavy atom. The smallest absolute Gasteiger partial charge is 0.281 e. The number of amides is 1. The molecular formula is C20H24N2O4S. The molecule has 1 amide bonds. The molecule has 0 spiro atoms. The molecule has 1 aliphatic rings. The van der Waals surface area contributed by atoms with Gasteiger partial charge in [-0.05, 0) is 48.9 Å². The lowest BCUT2D eigenvalue weighted by atomic mass is 9.90. The number of ether oxygens (including phenoxy) is 3. The maximum absolute atomic E-state index is 12.4. The summed E-state index contributed by atoms with van der Waals surface area (Å²) in [5, 5.41) is 4.08. The minimum atomic E-state index is -0.189. The van der Waals surface area contributed by atoms with Gasteiger partial charge in [-0.25, -0.2) is 5.43 Å². The van der Waals surface area contributed by atoms with Crippen LogP contribution in [0.5, 0.6) is 17.2 Å². The Morgan fingerprint density at radius 2 is 1.89 bits per heavy atom. The van der Waals surface area contributed by atoms with Crippen molar-refractivity contribution in [2.45, 2.75) is 26.2 Å². The Bertz CT molecular complexity index is 835. The molecule has 0 bridgehead atoms. The molecule has 2 aromatic rings. The van der Waals surface area contributed by atoms with E-state index < -0.39 is 0 Å². The standard InChI is InChI=1S/C20H24N2O4S/c1-12-5-6-17-14(7-12)10-18(27-17)20(23)22-21-11-13-8-15(24-2)19(26-4)16(9-13)25-3/h8-12H,5-7H2,1-4H3,(H,22,23)/b21-11-/t12-/m1/s1. The molecule has 1 heterocycles. The summed E-state index contributed by atoms with van der Waals surface area (Å²) in [5.41, 5.74) is 4.63. The molecule has 7 heteroatoms. The van der Waals surface area contributed by atoms with Gasteiger partial charge >= 0.3 is 0 Å². The first kappa shape index (κ1) is 19.2. The number of rotatable bonds is 6. The SMILES string of the molecule is COc1cc(/C=N\NC(=O)c2cc3c(s2)CC[C@@H](C)C3)cc(OC)c1OC. The number of nitrogens with zero attached hydrogens (tertiary/aromatic N) is 1. The number of aryl methyl sites for hydroxylation is 1. The van der Waals surface area contributed by atoms with E-state index in [2.05, 4.69) is 17.5 Å². The Balaban J connectivity index is 1.71. The number of hydrazone groups is 1. The van der Waals surface area contributed by atoms with Gasteiger partial charge in [0.1, 0.15) is 0 Å².